The molecule has 2 aromatic heterocycles. The topological polar surface area (TPSA) is 153 Å². The van der Waals surface area contributed by atoms with Crippen LogP contribution in [0.2, 0.25) is 51.4 Å². The zero-order chi connectivity index (χ0) is 39.8. The van der Waals surface area contributed by atoms with Gasteiger partial charge in [0, 0.05) is 77.5 Å². The summed E-state index contributed by atoms with van der Waals surface area (Å²) in [5, 5.41) is 33.1. The van der Waals surface area contributed by atoms with Crippen molar-refractivity contribution in [3.63, 3.8) is 0 Å². The normalized spacial score (nSPS) is 14.9. The molecule has 2 N–H and O–H groups in total. The number of unbranched alkanes of at least 4 members (excludes halogenated alkanes) is 1. The van der Waals surface area contributed by atoms with Gasteiger partial charge in [-0.05, 0) is 37.1 Å². The van der Waals surface area contributed by atoms with Gasteiger partial charge in [0.1, 0.15) is 19.8 Å². The van der Waals surface area contributed by atoms with Crippen LogP contribution < -0.4 is 20.1 Å². The predicted octanol–water partition coefficient (Wildman–Crippen LogP) is 5.70. The lowest BCUT2D eigenvalue weighted by Crippen LogP contribution is -2.44. The van der Waals surface area contributed by atoms with Crippen LogP contribution in [-0.4, -0.2) is 107 Å². The molecule has 2 fully saturated rings. The Balaban J connectivity index is 1.36. The summed E-state index contributed by atoms with van der Waals surface area (Å²) in [6.07, 6.45) is 0.972. The number of carbonyl (C=O) groups excluding carboxylic acids is 4. The lowest BCUT2D eigenvalue weighted by molar-refractivity contribution is -0.648. The highest BCUT2D eigenvalue weighted by Crippen LogP contribution is 2.29. The van der Waals surface area contributed by atoms with Gasteiger partial charge in [-0.3, -0.25) is 29.0 Å². The number of nitrogens with zero attached hydrogens (tertiary/aromatic N) is 4. The third kappa shape index (κ3) is 12.1. The summed E-state index contributed by atoms with van der Waals surface area (Å²) in [5.74, 6) is 0.880. The summed E-state index contributed by atoms with van der Waals surface area (Å²) in [7, 11) is -2.84. The molecule has 4 heterocycles. The minimum Gasteiger partial charge on any atom is -0.617 e. The molecule has 0 radical (unpaired) electrons. The minimum atomic E-state index is -1.42. The number of aromatic nitrogens is 2. The summed E-state index contributed by atoms with van der Waals surface area (Å²) in [5.41, 5.74) is 0.241. The number of thiocarbonyl (C=S) groups is 2. The Bertz CT molecular complexity index is 1660. The smallest absolute Gasteiger partial charge is 0.317 e. The van der Waals surface area contributed by atoms with E-state index in [2.05, 4.69) is 49.9 Å². The van der Waals surface area contributed by atoms with Gasteiger partial charge in [0.05, 0.1) is 0 Å². The maximum atomic E-state index is 13.6. The summed E-state index contributed by atoms with van der Waals surface area (Å²) >= 11 is 16.1. The zero-order valence-corrected chi connectivity index (χ0v) is 38.4. The fourth-order valence-electron chi connectivity index (χ4n) is 5.16. The molecule has 20 heteroatoms. The highest BCUT2D eigenvalue weighted by atomic mass is 32.2. The molecule has 2 aliphatic rings. The monoisotopic (exact) mass is 884 g/mol. The molecule has 12 nitrogen and oxygen atoms in total. The summed E-state index contributed by atoms with van der Waals surface area (Å²) in [4.78, 5) is 56.1. The van der Waals surface area contributed by atoms with Crippen molar-refractivity contribution in [3.05, 3.63) is 57.2 Å². The minimum absolute atomic E-state index is 0.112. The van der Waals surface area contributed by atoms with Gasteiger partial charge in [-0.25, -0.2) is 0 Å². The van der Waals surface area contributed by atoms with Gasteiger partial charge in [-0.15, -0.1) is 0 Å². The number of carbonyl (C=O) groups is 4. The lowest BCUT2D eigenvalue weighted by Gasteiger charge is -2.19. The molecule has 0 unspecified atom stereocenters. The SMILES string of the molecule is C[Si](C)(C)CCSc1c(C(=O)N2CCSC2=S)ccc(C(=O)NCCCCNC(=O)c2ccc(C(=O)N3CCSC3=S)c(SCC[Si](C)(C)C)[n+]2[O-])[n+]1[O-]. The first kappa shape index (κ1) is 44.5. The molecular weight excluding hydrogens is 837 g/mol. The second-order valence-corrected chi connectivity index (χ2v) is 32.0. The quantitative estimate of drug-likeness (QED) is 0.0501. The highest BCUT2D eigenvalue weighted by Gasteiger charge is 2.34. The third-order valence-electron chi connectivity index (χ3n) is 8.38. The second kappa shape index (κ2) is 19.8. The van der Waals surface area contributed by atoms with E-state index in [9.17, 15) is 29.6 Å². The molecule has 2 saturated heterocycles. The third-order valence-corrected chi connectivity index (χ3v) is 17.6. The van der Waals surface area contributed by atoms with E-state index in [1.807, 2.05) is 0 Å². The van der Waals surface area contributed by atoms with E-state index in [4.69, 9.17) is 24.4 Å². The van der Waals surface area contributed by atoms with Crippen molar-refractivity contribution in [2.24, 2.45) is 0 Å². The maximum Gasteiger partial charge on any atom is 0.317 e. The molecule has 0 atom stereocenters. The Morgan fingerprint density at radius 3 is 1.39 bits per heavy atom. The van der Waals surface area contributed by atoms with E-state index in [0.29, 0.717) is 67.0 Å². The number of rotatable bonds is 17. The average molecular weight is 885 g/mol. The van der Waals surface area contributed by atoms with E-state index < -0.39 is 28.0 Å². The van der Waals surface area contributed by atoms with Crippen molar-refractivity contribution >= 4 is 120 Å². The van der Waals surface area contributed by atoms with Crippen molar-refractivity contribution < 1.29 is 28.6 Å². The maximum absolute atomic E-state index is 13.6. The van der Waals surface area contributed by atoms with Crippen LogP contribution in [0.4, 0.5) is 0 Å². The molecular formula is C34H48N6O6S6Si2. The Morgan fingerprint density at radius 1 is 0.704 bits per heavy atom. The van der Waals surface area contributed by atoms with Crippen LogP contribution in [0.15, 0.2) is 34.3 Å². The van der Waals surface area contributed by atoms with E-state index in [0.717, 1.165) is 12.1 Å². The average Bonchev–Trinajstić information content (AvgIpc) is 3.73. The van der Waals surface area contributed by atoms with Crippen LogP contribution in [0.1, 0.15) is 54.5 Å². The summed E-state index contributed by atoms with van der Waals surface area (Å²) in [6, 6.07) is 7.68. The second-order valence-electron chi connectivity index (χ2n) is 15.1. The van der Waals surface area contributed by atoms with Gasteiger partial charge < -0.3 is 21.0 Å². The number of pyridine rings is 2. The number of nitrogens with one attached hydrogen (secondary N) is 2. The molecule has 4 amide bonds. The first-order valence-corrected chi connectivity index (χ1v) is 29.9. The fraction of sp³-hybridized carbons (Fsp3) is 0.529. The van der Waals surface area contributed by atoms with Gasteiger partial charge in [0.25, 0.3) is 33.3 Å². The van der Waals surface area contributed by atoms with E-state index in [1.165, 1.54) is 81.1 Å². The number of thioether (sulfide) groups is 4. The molecule has 54 heavy (non-hydrogen) atoms. The molecule has 0 aromatic carbocycles. The molecule has 294 valence electrons. The summed E-state index contributed by atoms with van der Waals surface area (Å²) in [6.45, 7) is 14.8. The number of hydrogen-bond acceptors (Lipinski definition) is 12. The Hall–Kier alpha value is -2.21. The van der Waals surface area contributed by atoms with Crippen molar-refractivity contribution in [2.45, 2.75) is 74.3 Å². The number of amides is 4. The number of hydrogen-bond donors (Lipinski definition) is 2. The van der Waals surface area contributed by atoms with Crippen LogP contribution in [0.3, 0.4) is 0 Å². The van der Waals surface area contributed by atoms with Crippen molar-refractivity contribution in [3.8, 4) is 0 Å². The van der Waals surface area contributed by atoms with Crippen LogP contribution in [-0.2, 0) is 0 Å². The van der Waals surface area contributed by atoms with Crippen LogP contribution in [0.25, 0.3) is 0 Å². The zero-order valence-electron chi connectivity index (χ0n) is 31.5. The van der Waals surface area contributed by atoms with Gasteiger partial charge in [-0.1, -0.05) is 111 Å². The van der Waals surface area contributed by atoms with Crippen LogP contribution >= 0.6 is 71.5 Å². The Labute approximate surface area is 347 Å². The van der Waals surface area contributed by atoms with Gasteiger partial charge >= 0.3 is 11.8 Å². The van der Waals surface area contributed by atoms with Gasteiger partial charge in [0.15, 0.2) is 0 Å². The van der Waals surface area contributed by atoms with E-state index in [1.54, 1.807) is 0 Å². The fourth-order valence-corrected chi connectivity index (χ4v) is 14.7. The lowest BCUT2D eigenvalue weighted by atomic mass is 10.2. The van der Waals surface area contributed by atoms with Crippen LogP contribution in [0, 0.1) is 10.4 Å². The highest BCUT2D eigenvalue weighted by molar-refractivity contribution is 8.23. The molecule has 4 rings (SSSR count). The predicted molar refractivity (Wildman–Crippen MR) is 235 cm³/mol. The molecule has 0 spiro atoms. The molecule has 2 aromatic rings. The van der Waals surface area contributed by atoms with E-state index in [-0.39, 0.29) is 57.5 Å². The Morgan fingerprint density at radius 2 is 1.07 bits per heavy atom. The first-order valence-electron chi connectivity index (χ1n) is 17.7. The largest absolute Gasteiger partial charge is 0.617 e. The van der Waals surface area contributed by atoms with Crippen molar-refractivity contribution in [1.29, 1.82) is 0 Å². The van der Waals surface area contributed by atoms with Crippen LogP contribution in [0.5, 0.6) is 0 Å². The standard InChI is InChI=1S/C34H48N6O6S6Si2/c1-53(2,3)21-19-49-31-23(29(43)37-15-17-51-33(37)47)9-11-25(39(31)45)27(41)35-13-7-8-14-36-28(42)26-12-10-24(30(44)38-16-18-52-34(38)48)32(40(26)46)50-20-22-54(4,5)6/h9-12H,7-8,13-22H2,1-6H3,(H,35,41)(H,36,42). The first-order chi connectivity index (χ1) is 25.4. The molecule has 0 saturated carbocycles. The van der Waals surface area contributed by atoms with Crippen molar-refractivity contribution in [1.82, 2.24) is 20.4 Å². The molecule has 0 aliphatic carbocycles. The Kier molecular flexibility index (Phi) is 16.3. The van der Waals surface area contributed by atoms with Crippen molar-refractivity contribution in [2.75, 3.05) is 49.2 Å². The van der Waals surface area contributed by atoms with Gasteiger partial charge in [-0.2, -0.15) is 9.46 Å². The van der Waals surface area contributed by atoms with E-state index >= 15 is 0 Å². The molecule has 2 aliphatic heterocycles. The summed E-state index contributed by atoms with van der Waals surface area (Å²) < 4.78 is 2.06. The molecule has 0 bridgehead atoms. The van der Waals surface area contributed by atoms with Gasteiger partial charge in [0.2, 0.25) is 0 Å².